The summed E-state index contributed by atoms with van der Waals surface area (Å²) in [5, 5.41) is 10.4. The van der Waals surface area contributed by atoms with Gasteiger partial charge in [0.2, 0.25) is 21.8 Å². The average molecular weight is 708 g/mol. The highest BCUT2D eigenvalue weighted by atomic mass is 32.2. The van der Waals surface area contributed by atoms with Crippen LogP contribution in [-0.2, 0) is 46.9 Å². The molecule has 0 spiro atoms. The van der Waals surface area contributed by atoms with Gasteiger partial charge >= 0.3 is 18.1 Å². The molecule has 2 saturated heterocycles. The standard InChI is InChI=1S/C31H32FN3O6S.C2HF3O2/c1-3-34(42(39,40)24-16-14-23(32)15-17-24)20-25-26-27(29(37)35(28(26)36)19-22-12-8-5-9-13-22)31(33-25,30(38)41-2)18-21-10-6-4-7-11-21;3-2(4,5)1(6)7/h4-17,25-27,33H,3,18-20H2,1-2H3;(H,6,7)/t25-,26+,27-,31-;/m1./s1. The number of carbonyl (C=O) groups is 4. The van der Waals surface area contributed by atoms with Gasteiger partial charge in [0.25, 0.3) is 0 Å². The number of aliphatic carboxylic acids is 1. The Morgan fingerprint density at radius 1 is 0.939 bits per heavy atom. The third-order valence-corrected chi connectivity index (χ3v) is 10.3. The molecule has 2 fully saturated rings. The van der Waals surface area contributed by atoms with Crippen LogP contribution in [0.1, 0.15) is 18.1 Å². The third-order valence-electron chi connectivity index (χ3n) is 8.36. The molecule has 2 heterocycles. The molecule has 2 aliphatic rings. The maximum absolute atomic E-state index is 14.1. The monoisotopic (exact) mass is 707 g/mol. The van der Waals surface area contributed by atoms with Gasteiger partial charge in [-0.3, -0.25) is 24.6 Å². The summed E-state index contributed by atoms with van der Waals surface area (Å²) in [4.78, 5) is 51.6. The molecule has 0 saturated carbocycles. The number of methoxy groups -OCH3 is 1. The number of fused-ring (bicyclic) bond motifs is 1. The van der Waals surface area contributed by atoms with Gasteiger partial charge < -0.3 is 9.84 Å². The largest absolute Gasteiger partial charge is 0.490 e. The summed E-state index contributed by atoms with van der Waals surface area (Å²) in [6, 6.07) is 21.7. The zero-order chi connectivity index (χ0) is 36.1. The molecule has 5 rings (SSSR count). The highest BCUT2D eigenvalue weighted by molar-refractivity contribution is 7.89. The summed E-state index contributed by atoms with van der Waals surface area (Å²) in [5.74, 6) is -7.20. The molecule has 0 bridgehead atoms. The molecule has 49 heavy (non-hydrogen) atoms. The first-order valence-electron chi connectivity index (χ1n) is 14.9. The van der Waals surface area contributed by atoms with E-state index in [0.717, 1.165) is 28.2 Å². The van der Waals surface area contributed by atoms with Gasteiger partial charge in [-0.25, -0.2) is 17.6 Å². The molecule has 16 heteroatoms. The molecule has 262 valence electrons. The molecule has 4 atom stereocenters. The molecule has 0 aromatic heterocycles. The normalized spacial score (nSPS) is 22.0. The number of halogens is 4. The summed E-state index contributed by atoms with van der Waals surface area (Å²) >= 11 is 0. The van der Waals surface area contributed by atoms with E-state index in [1.165, 1.54) is 23.5 Å². The topological polar surface area (TPSA) is 150 Å². The van der Waals surface area contributed by atoms with E-state index >= 15 is 0 Å². The number of likely N-dealkylation sites (N-methyl/N-ethyl adjacent to an activating group) is 1. The molecule has 0 aliphatic carbocycles. The lowest BCUT2D eigenvalue weighted by Gasteiger charge is -2.33. The van der Waals surface area contributed by atoms with Crippen LogP contribution >= 0.6 is 0 Å². The Morgan fingerprint density at radius 2 is 1.47 bits per heavy atom. The first-order chi connectivity index (χ1) is 23.1. The second kappa shape index (κ2) is 14.8. The average Bonchev–Trinajstić information content (AvgIpc) is 3.52. The number of carbonyl (C=O) groups excluding carboxylic acids is 3. The predicted octanol–water partition coefficient (Wildman–Crippen LogP) is 3.40. The molecule has 11 nitrogen and oxygen atoms in total. The molecule has 0 unspecified atom stereocenters. The fraction of sp³-hybridized carbons (Fsp3) is 0.333. The van der Waals surface area contributed by atoms with Gasteiger partial charge in [-0.05, 0) is 35.4 Å². The number of hydrogen-bond donors (Lipinski definition) is 2. The van der Waals surface area contributed by atoms with Gasteiger partial charge in [-0.15, -0.1) is 0 Å². The Hall–Kier alpha value is -4.67. The van der Waals surface area contributed by atoms with Crippen LogP contribution in [0.25, 0.3) is 0 Å². The van der Waals surface area contributed by atoms with Crippen LogP contribution in [-0.4, -0.2) is 84.4 Å². The van der Waals surface area contributed by atoms with Crippen molar-refractivity contribution in [2.75, 3.05) is 20.2 Å². The Labute approximate surface area is 279 Å². The van der Waals surface area contributed by atoms with E-state index in [9.17, 15) is 40.4 Å². The Morgan fingerprint density at radius 3 is 1.96 bits per heavy atom. The molecule has 3 aromatic rings. The first kappa shape index (κ1) is 37.2. The van der Waals surface area contributed by atoms with Crippen LogP contribution in [0.3, 0.4) is 0 Å². The third kappa shape index (κ3) is 7.81. The summed E-state index contributed by atoms with van der Waals surface area (Å²) in [5.41, 5.74) is -0.143. The highest BCUT2D eigenvalue weighted by Gasteiger charge is 2.68. The van der Waals surface area contributed by atoms with Crippen LogP contribution in [0.5, 0.6) is 0 Å². The van der Waals surface area contributed by atoms with Crippen molar-refractivity contribution >= 4 is 33.8 Å². The highest BCUT2D eigenvalue weighted by Crippen LogP contribution is 2.46. The van der Waals surface area contributed by atoms with Crippen molar-refractivity contribution < 1.29 is 55.0 Å². The van der Waals surface area contributed by atoms with Crippen LogP contribution in [0, 0.1) is 17.7 Å². The molecule has 2 amide bonds. The minimum atomic E-state index is -5.08. The quantitative estimate of drug-likeness (QED) is 0.184. The fourth-order valence-electron chi connectivity index (χ4n) is 6.16. The van der Waals surface area contributed by atoms with E-state index in [1.54, 1.807) is 31.2 Å². The number of nitrogens with one attached hydrogen (secondary N) is 1. The predicted molar refractivity (Wildman–Crippen MR) is 165 cm³/mol. The Balaban J connectivity index is 0.000000698. The maximum Gasteiger partial charge on any atom is 0.490 e. The van der Waals surface area contributed by atoms with Crippen molar-refractivity contribution in [3.63, 3.8) is 0 Å². The van der Waals surface area contributed by atoms with Crippen LogP contribution < -0.4 is 5.32 Å². The zero-order valence-electron chi connectivity index (χ0n) is 26.3. The first-order valence-corrected chi connectivity index (χ1v) is 16.4. The number of amides is 2. The summed E-state index contributed by atoms with van der Waals surface area (Å²) in [6.07, 6.45) is -5.03. The Kier molecular flexibility index (Phi) is 11.3. The smallest absolute Gasteiger partial charge is 0.475 e. The second-order valence-electron chi connectivity index (χ2n) is 11.3. The van der Waals surface area contributed by atoms with Crippen molar-refractivity contribution in [3.8, 4) is 0 Å². The van der Waals surface area contributed by atoms with Crippen molar-refractivity contribution in [2.24, 2.45) is 11.8 Å². The summed E-state index contributed by atoms with van der Waals surface area (Å²) < 4.78 is 78.8. The van der Waals surface area contributed by atoms with E-state index in [-0.39, 0.29) is 31.0 Å². The number of hydrogen-bond acceptors (Lipinski definition) is 8. The number of rotatable bonds is 10. The number of imide groups is 1. The number of alkyl halides is 3. The zero-order valence-corrected chi connectivity index (χ0v) is 27.1. The van der Waals surface area contributed by atoms with Crippen molar-refractivity contribution in [3.05, 3.63) is 102 Å². The lowest BCUT2D eigenvalue weighted by Crippen LogP contribution is -2.59. The van der Waals surface area contributed by atoms with Gasteiger partial charge in [0.05, 0.1) is 30.4 Å². The van der Waals surface area contributed by atoms with Gasteiger partial charge in [0, 0.05) is 25.6 Å². The summed E-state index contributed by atoms with van der Waals surface area (Å²) in [7, 11) is -2.88. The lowest BCUT2D eigenvalue weighted by atomic mass is 9.76. The Bertz CT molecular complexity index is 1780. The number of carboxylic acids is 1. The maximum atomic E-state index is 14.1. The minimum absolute atomic E-state index is 0.0200. The van der Waals surface area contributed by atoms with Crippen molar-refractivity contribution in [2.45, 2.75) is 42.5 Å². The lowest BCUT2D eigenvalue weighted by molar-refractivity contribution is -0.192. The van der Waals surface area contributed by atoms with Gasteiger partial charge in [-0.1, -0.05) is 67.6 Å². The number of ether oxygens (including phenoxy) is 1. The van der Waals surface area contributed by atoms with Crippen molar-refractivity contribution in [1.82, 2.24) is 14.5 Å². The molecule has 0 radical (unpaired) electrons. The van der Waals surface area contributed by atoms with Gasteiger partial charge in [-0.2, -0.15) is 17.5 Å². The number of esters is 1. The van der Waals surface area contributed by atoms with Crippen LogP contribution in [0.4, 0.5) is 17.6 Å². The molecule has 2 aliphatic heterocycles. The van der Waals surface area contributed by atoms with E-state index in [4.69, 9.17) is 14.6 Å². The second-order valence-corrected chi connectivity index (χ2v) is 13.3. The molecule has 3 aromatic carbocycles. The number of carboxylic acid groups (broad SMARTS) is 1. The summed E-state index contributed by atoms with van der Waals surface area (Å²) in [6.45, 7) is 1.50. The SMILES string of the molecule is CCN(C[C@H]1N[C@@](Cc2ccccc2)(C(=O)OC)[C@H]2C(=O)N(Cc3ccccc3)C(=O)[C@@H]12)S(=O)(=O)c1ccc(F)cc1.O=C(O)C(F)(F)F. The number of nitrogens with zero attached hydrogens (tertiary/aromatic N) is 2. The van der Waals surface area contributed by atoms with E-state index in [2.05, 4.69) is 5.32 Å². The van der Waals surface area contributed by atoms with E-state index < -0.39 is 69.2 Å². The van der Waals surface area contributed by atoms with Gasteiger partial charge in [0.1, 0.15) is 11.4 Å². The molecular formula is C33H33F4N3O8S. The van der Waals surface area contributed by atoms with E-state index in [0.29, 0.717) is 0 Å². The number of benzene rings is 3. The van der Waals surface area contributed by atoms with Crippen LogP contribution in [0.15, 0.2) is 89.8 Å². The fourth-order valence-corrected chi connectivity index (χ4v) is 7.63. The van der Waals surface area contributed by atoms with Crippen molar-refractivity contribution in [1.29, 1.82) is 0 Å². The number of sulfonamides is 1. The molecular weight excluding hydrogens is 674 g/mol. The molecule has 2 N–H and O–H groups in total. The number of likely N-dealkylation sites (tertiary alicyclic amines) is 1. The van der Waals surface area contributed by atoms with Gasteiger partial charge in [0.15, 0.2) is 0 Å². The van der Waals surface area contributed by atoms with E-state index in [1.807, 2.05) is 36.4 Å². The minimum Gasteiger partial charge on any atom is -0.475 e. The van der Waals surface area contributed by atoms with Crippen LogP contribution in [0.2, 0.25) is 0 Å².